The second kappa shape index (κ2) is 6.89. The van der Waals surface area contributed by atoms with Crippen molar-refractivity contribution in [2.45, 2.75) is 43.9 Å². The van der Waals surface area contributed by atoms with Gasteiger partial charge in [0.05, 0.1) is 26.9 Å². The van der Waals surface area contributed by atoms with Crippen LogP contribution in [0.25, 0.3) is 0 Å². The summed E-state index contributed by atoms with van der Waals surface area (Å²) >= 11 is 0. The van der Waals surface area contributed by atoms with Crippen molar-refractivity contribution in [2.24, 2.45) is 0 Å². The van der Waals surface area contributed by atoms with Crippen molar-refractivity contribution in [3.8, 4) is 17.2 Å². The van der Waals surface area contributed by atoms with Crippen molar-refractivity contribution >= 4 is 5.97 Å². The van der Waals surface area contributed by atoms with Crippen LogP contribution in [0, 0.1) is 0 Å². The van der Waals surface area contributed by atoms with E-state index >= 15 is 0 Å². The van der Waals surface area contributed by atoms with Crippen LogP contribution >= 0.6 is 0 Å². The van der Waals surface area contributed by atoms with E-state index in [1.807, 2.05) is 0 Å². The van der Waals surface area contributed by atoms with Crippen LogP contribution in [-0.4, -0.2) is 57.4 Å². The first-order valence-corrected chi connectivity index (χ1v) is 8.32. The molecule has 2 fully saturated rings. The molecule has 1 aromatic carbocycles. The zero-order chi connectivity index (χ0) is 17.3. The average molecular weight is 335 g/mol. The fourth-order valence-electron chi connectivity index (χ4n) is 3.93. The van der Waals surface area contributed by atoms with Crippen molar-refractivity contribution in [2.75, 3.05) is 28.4 Å². The molecule has 0 radical (unpaired) electrons. The van der Waals surface area contributed by atoms with E-state index in [2.05, 4.69) is 11.9 Å². The maximum atomic E-state index is 12.6. The van der Waals surface area contributed by atoms with Crippen LogP contribution in [0.5, 0.6) is 17.2 Å². The van der Waals surface area contributed by atoms with Gasteiger partial charge in [0.2, 0.25) is 5.75 Å². The fraction of sp³-hybridized carbons (Fsp3) is 0.611. The Hall–Kier alpha value is -1.95. The Bertz CT molecular complexity index is 592. The molecular formula is C18H25NO5. The summed E-state index contributed by atoms with van der Waals surface area (Å²) in [4.78, 5) is 15.0. The summed E-state index contributed by atoms with van der Waals surface area (Å²) in [5.74, 6) is 1.02. The molecule has 2 heterocycles. The highest BCUT2D eigenvalue weighted by Crippen LogP contribution is 2.39. The first-order valence-electron chi connectivity index (χ1n) is 8.32. The first-order chi connectivity index (χ1) is 11.6. The van der Waals surface area contributed by atoms with Gasteiger partial charge in [-0.2, -0.15) is 0 Å². The number of nitrogens with zero attached hydrogens (tertiary/aromatic N) is 1. The molecule has 3 atom stereocenters. The van der Waals surface area contributed by atoms with Crippen LogP contribution in [0.2, 0.25) is 0 Å². The molecule has 2 saturated heterocycles. The number of ether oxygens (including phenoxy) is 4. The molecule has 2 aliphatic rings. The zero-order valence-corrected chi connectivity index (χ0v) is 14.7. The summed E-state index contributed by atoms with van der Waals surface area (Å²) in [6.07, 6.45) is 4.24. The topological polar surface area (TPSA) is 57.2 Å². The second-order valence-corrected chi connectivity index (χ2v) is 6.40. The quantitative estimate of drug-likeness (QED) is 0.771. The lowest BCUT2D eigenvalue weighted by atomic mass is 10.0. The molecule has 0 saturated carbocycles. The summed E-state index contributed by atoms with van der Waals surface area (Å²) in [6, 6.07) is 4.24. The number of likely N-dealkylation sites (N-methyl/N-ethyl adjacent to an activating group) is 1. The highest BCUT2D eigenvalue weighted by atomic mass is 16.5. The molecule has 3 rings (SSSR count). The number of piperidine rings is 1. The number of esters is 1. The molecule has 0 unspecified atom stereocenters. The minimum Gasteiger partial charge on any atom is -0.493 e. The molecule has 2 bridgehead atoms. The standard InChI is InChI=1S/C18H25NO5/c1-19-12-5-7-13(19)14(8-6-12)24-18(20)11-9-15(21-2)17(23-4)16(10-11)22-3/h9-10,12-14H,5-8H2,1-4H3/t12-,13+,14-/m0/s1. The Morgan fingerprint density at radius 1 is 1.00 bits per heavy atom. The highest BCUT2D eigenvalue weighted by molar-refractivity contribution is 5.91. The van der Waals surface area contributed by atoms with Crippen LogP contribution in [0.15, 0.2) is 12.1 Å². The predicted molar refractivity (Wildman–Crippen MR) is 89.1 cm³/mol. The Balaban J connectivity index is 1.80. The minimum atomic E-state index is -0.349. The molecule has 0 aromatic heterocycles. The Labute approximate surface area is 142 Å². The third-order valence-electron chi connectivity index (χ3n) is 5.27. The number of hydrogen-bond donors (Lipinski definition) is 0. The summed E-state index contributed by atoms with van der Waals surface area (Å²) in [5, 5.41) is 0. The molecule has 0 N–H and O–H groups in total. The molecule has 132 valence electrons. The predicted octanol–water partition coefficient (Wildman–Crippen LogP) is 2.49. The van der Waals surface area contributed by atoms with Crippen LogP contribution < -0.4 is 14.2 Å². The van der Waals surface area contributed by atoms with Crippen molar-refractivity contribution in [3.63, 3.8) is 0 Å². The van der Waals surface area contributed by atoms with Crippen molar-refractivity contribution in [1.29, 1.82) is 0 Å². The highest BCUT2D eigenvalue weighted by Gasteiger charge is 2.42. The summed E-state index contributed by atoms with van der Waals surface area (Å²) < 4.78 is 21.7. The van der Waals surface area contributed by atoms with Crippen LogP contribution in [-0.2, 0) is 4.74 Å². The van der Waals surface area contributed by atoms with Gasteiger partial charge < -0.3 is 18.9 Å². The Kier molecular flexibility index (Phi) is 4.85. The molecule has 0 aliphatic carbocycles. The summed E-state index contributed by atoms with van der Waals surface area (Å²) in [7, 11) is 6.72. The van der Waals surface area contributed by atoms with Crippen LogP contribution in [0.1, 0.15) is 36.0 Å². The number of carbonyl (C=O) groups excluding carboxylic acids is 1. The van der Waals surface area contributed by atoms with Crippen molar-refractivity contribution < 1.29 is 23.7 Å². The Morgan fingerprint density at radius 3 is 2.21 bits per heavy atom. The third-order valence-corrected chi connectivity index (χ3v) is 5.27. The number of carbonyl (C=O) groups is 1. The van der Waals surface area contributed by atoms with Gasteiger partial charge in [-0.3, -0.25) is 4.90 Å². The summed E-state index contributed by atoms with van der Waals surface area (Å²) in [5.41, 5.74) is 0.410. The van der Waals surface area contributed by atoms with Gasteiger partial charge in [0.1, 0.15) is 6.10 Å². The summed E-state index contributed by atoms with van der Waals surface area (Å²) in [6.45, 7) is 0. The van der Waals surface area contributed by atoms with E-state index in [1.165, 1.54) is 27.8 Å². The number of rotatable bonds is 5. The first kappa shape index (κ1) is 16.9. The monoisotopic (exact) mass is 335 g/mol. The molecule has 1 aromatic rings. The number of methoxy groups -OCH3 is 3. The van der Waals surface area contributed by atoms with Crippen molar-refractivity contribution in [1.82, 2.24) is 4.90 Å². The minimum absolute atomic E-state index is 0.0552. The van der Waals surface area contributed by atoms with Gasteiger partial charge in [-0.1, -0.05) is 0 Å². The van der Waals surface area contributed by atoms with Crippen LogP contribution in [0.3, 0.4) is 0 Å². The number of fused-ring (bicyclic) bond motifs is 2. The molecule has 0 amide bonds. The van der Waals surface area contributed by atoms with E-state index in [0.29, 0.717) is 34.9 Å². The van der Waals surface area contributed by atoms with Crippen LogP contribution in [0.4, 0.5) is 0 Å². The fourth-order valence-corrected chi connectivity index (χ4v) is 3.93. The molecule has 2 aliphatic heterocycles. The maximum Gasteiger partial charge on any atom is 0.338 e. The normalized spacial score (nSPS) is 26.1. The number of hydrogen-bond acceptors (Lipinski definition) is 6. The van der Waals surface area contributed by atoms with E-state index in [1.54, 1.807) is 12.1 Å². The molecule has 6 nitrogen and oxygen atoms in total. The molecule has 6 heteroatoms. The smallest absolute Gasteiger partial charge is 0.338 e. The van der Waals surface area contributed by atoms with Gasteiger partial charge in [-0.15, -0.1) is 0 Å². The van der Waals surface area contributed by atoms with E-state index in [0.717, 1.165) is 19.3 Å². The third kappa shape index (κ3) is 2.90. The van der Waals surface area contributed by atoms with E-state index in [9.17, 15) is 4.79 Å². The van der Waals surface area contributed by atoms with Gasteiger partial charge >= 0.3 is 5.97 Å². The SMILES string of the molecule is COc1cc(C(=O)O[C@H]2CC[C@@H]3CC[C@H]2N3C)cc(OC)c1OC. The van der Waals surface area contributed by atoms with Gasteiger partial charge in [-0.05, 0) is 44.9 Å². The van der Waals surface area contributed by atoms with Gasteiger partial charge in [0.15, 0.2) is 11.5 Å². The number of benzene rings is 1. The molecule has 24 heavy (non-hydrogen) atoms. The lowest BCUT2D eigenvalue weighted by Gasteiger charge is -2.36. The lowest BCUT2D eigenvalue weighted by molar-refractivity contribution is -0.0130. The average Bonchev–Trinajstić information content (AvgIpc) is 2.83. The van der Waals surface area contributed by atoms with E-state index in [-0.39, 0.29) is 12.1 Å². The lowest BCUT2D eigenvalue weighted by Crippen LogP contribution is -2.46. The van der Waals surface area contributed by atoms with E-state index in [4.69, 9.17) is 18.9 Å². The van der Waals surface area contributed by atoms with Crippen molar-refractivity contribution in [3.05, 3.63) is 17.7 Å². The maximum absolute atomic E-state index is 12.6. The van der Waals surface area contributed by atoms with E-state index < -0.39 is 0 Å². The van der Waals surface area contributed by atoms with Gasteiger partial charge in [-0.25, -0.2) is 4.79 Å². The molecular weight excluding hydrogens is 310 g/mol. The zero-order valence-electron chi connectivity index (χ0n) is 14.7. The van der Waals surface area contributed by atoms with Gasteiger partial charge in [0, 0.05) is 12.1 Å². The van der Waals surface area contributed by atoms with Gasteiger partial charge in [0.25, 0.3) is 0 Å². The largest absolute Gasteiger partial charge is 0.493 e. The molecule has 0 spiro atoms. The second-order valence-electron chi connectivity index (χ2n) is 6.40. The Morgan fingerprint density at radius 2 is 1.62 bits per heavy atom.